The molecular weight excluding hydrogens is 122 g/mol. The number of hydrogen-bond donors (Lipinski definition) is 1. The lowest BCUT2D eigenvalue weighted by Gasteiger charge is -1.90. The Hall–Kier alpha value is -1.03. The first kappa shape index (κ1) is 6.10. The molecule has 0 spiro atoms. The molecule has 0 saturated carbocycles. The second-order valence-corrected chi connectivity index (χ2v) is 1.70. The lowest BCUT2D eigenvalue weighted by atomic mass is 10.5. The highest BCUT2D eigenvalue weighted by Crippen LogP contribution is 1.91. The summed E-state index contributed by atoms with van der Waals surface area (Å²) in [5.41, 5.74) is 0.0570. The molecule has 1 rings (SSSR count). The van der Waals surface area contributed by atoms with Gasteiger partial charge in [0.05, 0.1) is 18.4 Å². The van der Waals surface area contributed by atoms with Gasteiger partial charge in [-0.15, -0.1) is 0 Å². The van der Waals surface area contributed by atoms with E-state index in [-0.39, 0.29) is 6.61 Å². The zero-order valence-corrected chi connectivity index (χ0v) is 5.00. The first-order valence-electron chi connectivity index (χ1n) is 2.51. The van der Waals surface area contributed by atoms with Crippen LogP contribution >= 0.6 is 0 Å². The summed E-state index contributed by atoms with van der Waals surface area (Å²) in [5.74, 6) is 0. The third-order valence-electron chi connectivity index (χ3n) is 1.08. The maximum atomic E-state index is 10.4. The smallest absolute Gasteiger partial charge is 0.357 e. The average molecular weight is 129 g/mol. The molecule has 50 valence electrons. The minimum Gasteiger partial charge on any atom is -0.390 e. The van der Waals surface area contributed by atoms with Crippen molar-refractivity contribution in [3.05, 3.63) is 22.2 Å². The molecule has 0 bridgehead atoms. The summed E-state index contributed by atoms with van der Waals surface area (Å²) in [6.45, 7) is -0.164. The summed E-state index contributed by atoms with van der Waals surface area (Å²) in [5, 5.41) is 8.51. The van der Waals surface area contributed by atoms with Gasteiger partial charge >= 0.3 is 5.63 Å². The van der Waals surface area contributed by atoms with Crippen LogP contribution in [-0.2, 0) is 13.7 Å². The zero-order valence-electron chi connectivity index (χ0n) is 5.00. The summed E-state index contributed by atoms with van der Waals surface area (Å²) >= 11 is 0. The lowest BCUT2D eigenvalue weighted by molar-refractivity contribution is 0.227. The van der Waals surface area contributed by atoms with Gasteiger partial charge in [-0.3, -0.25) is 0 Å². The molecule has 1 heterocycles. The Labute approximate surface area is 51.3 Å². The van der Waals surface area contributed by atoms with E-state index in [9.17, 15) is 4.79 Å². The fraction of sp³-hybridized carbons (Fsp3) is 0.400. The molecular formula is C5H7NO3. The molecule has 0 aromatic carbocycles. The molecule has 1 N–H and O–H groups in total. The first-order valence-corrected chi connectivity index (χ1v) is 2.51. The van der Waals surface area contributed by atoms with Gasteiger partial charge in [-0.2, -0.15) is 0 Å². The Morgan fingerprint density at radius 1 is 1.89 bits per heavy atom. The summed E-state index contributed by atoms with van der Waals surface area (Å²) < 4.78 is 5.74. The van der Waals surface area contributed by atoms with E-state index in [1.54, 1.807) is 7.05 Å². The highest BCUT2D eigenvalue weighted by Gasteiger charge is 1.98. The van der Waals surface area contributed by atoms with Gasteiger partial charge in [-0.25, -0.2) is 9.53 Å². The van der Waals surface area contributed by atoms with E-state index >= 15 is 0 Å². The first-order chi connectivity index (χ1) is 4.24. The minimum atomic E-state index is -0.429. The monoisotopic (exact) mass is 129 g/mol. The van der Waals surface area contributed by atoms with Crippen LogP contribution in [0.1, 0.15) is 5.69 Å². The van der Waals surface area contributed by atoms with Gasteiger partial charge in [-0.05, 0) is 0 Å². The predicted molar refractivity (Wildman–Crippen MR) is 29.9 cm³/mol. The van der Waals surface area contributed by atoms with Crippen molar-refractivity contribution in [2.75, 3.05) is 0 Å². The van der Waals surface area contributed by atoms with Crippen LogP contribution in [0.15, 0.2) is 15.4 Å². The number of aromatic nitrogens is 1. The van der Waals surface area contributed by atoms with E-state index in [0.717, 1.165) is 0 Å². The highest BCUT2D eigenvalue weighted by atomic mass is 16.5. The van der Waals surface area contributed by atoms with Crippen LogP contribution in [0, 0.1) is 0 Å². The number of nitrogens with zero attached hydrogens (tertiary/aromatic N) is 1. The van der Waals surface area contributed by atoms with Gasteiger partial charge in [-0.1, -0.05) is 0 Å². The van der Waals surface area contributed by atoms with Crippen LogP contribution in [-0.4, -0.2) is 9.85 Å². The fourth-order valence-corrected chi connectivity index (χ4v) is 0.592. The zero-order chi connectivity index (χ0) is 6.85. The third kappa shape index (κ3) is 1.02. The van der Waals surface area contributed by atoms with Crippen LogP contribution in [0.3, 0.4) is 0 Å². The van der Waals surface area contributed by atoms with Gasteiger partial charge in [0, 0.05) is 7.05 Å². The van der Waals surface area contributed by atoms with Crippen LogP contribution < -0.4 is 5.63 Å². The number of aliphatic hydroxyl groups excluding tert-OH is 1. The number of hydrogen-bond acceptors (Lipinski definition) is 3. The number of aryl methyl sites for hydroxylation is 1. The number of rotatable bonds is 1. The van der Waals surface area contributed by atoms with Crippen molar-refractivity contribution in [1.29, 1.82) is 0 Å². The Balaban J connectivity index is 3.16. The van der Waals surface area contributed by atoms with E-state index in [4.69, 9.17) is 5.11 Å². The van der Waals surface area contributed by atoms with Crippen LogP contribution in [0.25, 0.3) is 0 Å². The van der Waals surface area contributed by atoms with Gasteiger partial charge in [0.1, 0.15) is 0 Å². The normalized spacial score (nSPS) is 10.0. The van der Waals surface area contributed by atoms with Crippen LogP contribution in [0.4, 0.5) is 0 Å². The highest BCUT2D eigenvalue weighted by molar-refractivity contribution is 4.94. The molecule has 0 unspecified atom stereocenters. The predicted octanol–water partition coefficient (Wildman–Crippen LogP) is -0.529. The Kier molecular flexibility index (Phi) is 1.40. The molecule has 0 aliphatic carbocycles. The van der Waals surface area contributed by atoms with Crippen molar-refractivity contribution in [1.82, 2.24) is 4.74 Å². The molecule has 0 saturated heterocycles. The van der Waals surface area contributed by atoms with E-state index < -0.39 is 5.63 Å². The van der Waals surface area contributed by atoms with Crippen LogP contribution in [0.5, 0.6) is 0 Å². The summed E-state index contributed by atoms with van der Waals surface area (Å²) in [6, 6.07) is 1.25. The maximum Gasteiger partial charge on any atom is 0.357 e. The van der Waals surface area contributed by atoms with E-state index in [0.29, 0.717) is 5.69 Å². The summed E-state index contributed by atoms with van der Waals surface area (Å²) in [7, 11) is 1.56. The standard InChI is InChI=1S/C5H7NO3/c1-6-4(3-7)2-5(8)9-6/h2,7H,3H2,1H3. The van der Waals surface area contributed by atoms with Crippen LogP contribution in [0.2, 0.25) is 0 Å². The van der Waals surface area contributed by atoms with E-state index in [1.165, 1.54) is 10.8 Å². The molecule has 0 radical (unpaired) electrons. The molecule has 0 fully saturated rings. The average Bonchev–Trinajstić information content (AvgIpc) is 2.10. The molecule has 0 aliphatic heterocycles. The summed E-state index contributed by atoms with van der Waals surface area (Å²) in [4.78, 5) is 10.4. The molecule has 0 atom stereocenters. The van der Waals surface area contributed by atoms with Gasteiger partial charge in [0.25, 0.3) is 0 Å². The van der Waals surface area contributed by atoms with E-state index in [1.807, 2.05) is 0 Å². The fourth-order valence-electron chi connectivity index (χ4n) is 0.592. The second kappa shape index (κ2) is 2.06. The quantitative estimate of drug-likeness (QED) is 0.554. The molecule has 4 heteroatoms. The topological polar surface area (TPSA) is 55.4 Å². The lowest BCUT2D eigenvalue weighted by Crippen LogP contribution is -1.92. The second-order valence-electron chi connectivity index (χ2n) is 1.70. The van der Waals surface area contributed by atoms with Crippen molar-refractivity contribution >= 4 is 0 Å². The SMILES string of the molecule is Cn1oc(=O)cc1CO. The van der Waals surface area contributed by atoms with Crippen molar-refractivity contribution in [2.45, 2.75) is 6.61 Å². The molecule has 4 nitrogen and oxygen atoms in total. The van der Waals surface area contributed by atoms with E-state index in [2.05, 4.69) is 4.52 Å². The van der Waals surface area contributed by atoms with Gasteiger partial charge in [0.2, 0.25) is 0 Å². The third-order valence-corrected chi connectivity index (χ3v) is 1.08. The molecule has 1 aromatic rings. The Bertz CT molecular complexity index is 247. The minimum absolute atomic E-state index is 0.164. The molecule has 0 amide bonds. The summed E-state index contributed by atoms with van der Waals surface area (Å²) in [6.07, 6.45) is 0. The molecule has 1 aromatic heterocycles. The van der Waals surface area contributed by atoms with Crippen molar-refractivity contribution in [3.8, 4) is 0 Å². The Morgan fingerprint density at radius 3 is 2.78 bits per heavy atom. The molecule has 0 aliphatic rings. The molecule has 9 heavy (non-hydrogen) atoms. The maximum absolute atomic E-state index is 10.4. The van der Waals surface area contributed by atoms with Crippen molar-refractivity contribution in [3.63, 3.8) is 0 Å². The van der Waals surface area contributed by atoms with Gasteiger partial charge in [0.15, 0.2) is 0 Å². The van der Waals surface area contributed by atoms with Gasteiger partial charge < -0.3 is 9.63 Å². The Morgan fingerprint density at radius 2 is 2.56 bits per heavy atom. The van der Waals surface area contributed by atoms with Crippen molar-refractivity contribution < 1.29 is 9.63 Å². The van der Waals surface area contributed by atoms with Crippen molar-refractivity contribution in [2.24, 2.45) is 7.05 Å². The largest absolute Gasteiger partial charge is 0.390 e. The number of aliphatic hydroxyl groups is 1.